The van der Waals surface area contributed by atoms with E-state index < -0.39 is 0 Å². The van der Waals surface area contributed by atoms with Gasteiger partial charge in [0.05, 0.1) is 6.04 Å². The normalized spacial score (nSPS) is 12.1. The third-order valence-corrected chi connectivity index (χ3v) is 4.80. The second-order valence-electron chi connectivity index (χ2n) is 7.32. The summed E-state index contributed by atoms with van der Waals surface area (Å²) >= 11 is 0. The summed E-state index contributed by atoms with van der Waals surface area (Å²) in [5, 5.41) is 6.90. The monoisotopic (exact) mass is 378 g/mol. The molecule has 1 heterocycles. The standard InChI is InChI=1S/C22H26N4O2/c1-14(2)20-24-21(28-25-20)18-10-12-19(13-11-18)23-22(27)26(5)16(4)17-8-6-15(3)7-9-17/h6-14,16H,1-5H3,(H,23,27). The van der Waals surface area contributed by atoms with E-state index in [4.69, 9.17) is 4.52 Å². The van der Waals surface area contributed by atoms with Gasteiger partial charge in [-0.25, -0.2) is 4.79 Å². The molecule has 3 rings (SSSR count). The average molecular weight is 378 g/mol. The maximum absolute atomic E-state index is 12.6. The number of aryl methyl sites for hydroxylation is 1. The van der Waals surface area contributed by atoms with Gasteiger partial charge in [0.25, 0.3) is 5.89 Å². The fraction of sp³-hybridized carbons (Fsp3) is 0.318. The number of rotatable bonds is 5. The minimum Gasteiger partial charge on any atom is -0.334 e. The van der Waals surface area contributed by atoms with Gasteiger partial charge < -0.3 is 14.7 Å². The lowest BCUT2D eigenvalue weighted by Gasteiger charge is -2.25. The lowest BCUT2D eigenvalue weighted by Crippen LogP contribution is -2.33. The molecule has 6 heteroatoms. The van der Waals surface area contributed by atoms with Gasteiger partial charge in [0.15, 0.2) is 5.82 Å². The van der Waals surface area contributed by atoms with Crippen LogP contribution in [0, 0.1) is 6.92 Å². The number of nitrogens with zero attached hydrogens (tertiary/aromatic N) is 3. The third kappa shape index (κ3) is 4.39. The summed E-state index contributed by atoms with van der Waals surface area (Å²) in [6, 6.07) is 15.4. The lowest BCUT2D eigenvalue weighted by atomic mass is 10.1. The van der Waals surface area contributed by atoms with Crippen LogP contribution in [0.25, 0.3) is 11.5 Å². The summed E-state index contributed by atoms with van der Waals surface area (Å²) in [5.74, 6) is 1.37. The molecule has 0 aliphatic carbocycles. The quantitative estimate of drug-likeness (QED) is 0.646. The van der Waals surface area contributed by atoms with Crippen LogP contribution in [0.5, 0.6) is 0 Å². The smallest absolute Gasteiger partial charge is 0.322 e. The number of nitrogens with one attached hydrogen (secondary N) is 1. The Balaban J connectivity index is 1.65. The van der Waals surface area contributed by atoms with Gasteiger partial charge in [-0.2, -0.15) is 4.98 Å². The molecule has 1 atom stereocenters. The second kappa shape index (κ2) is 8.25. The van der Waals surface area contributed by atoms with Gasteiger partial charge in [-0.3, -0.25) is 0 Å². The van der Waals surface area contributed by atoms with Crippen LogP contribution >= 0.6 is 0 Å². The minimum absolute atomic E-state index is 0.0345. The Labute approximate surface area is 165 Å². The maximum Gasteiger partial charge on any atom is 0.322 e. The zero-order valence-electron chi connectivity index (χ0n) is 16.9. The van der Waals surface area contributed by atoms with Gasteiger partial charge in [0, 0.05) is 24.2 Å². The molecule has 2 aromatic carbocycles. The predicted molar refractivity (Wildman–Crippen MR) is 110 cm³/mol. The van der Waals surface area contributed by atoms with Gasteiger partial charge in [0.2, 0.25) is 0 Å². The molecular weight excluding hydrogens is 352 g/mol. The molecule has 0 bridgehead atoms. The highest BCUT2D eigenvalue weighted by Gasteiger charge is 2.18. The molecule has 0 aliphatic rings. The number of aromatic nitrogens is 2. The molecule has 0 saturated heterocycles. The summed E-state index contributed by atoms with van der Waals surface area (Å²) < 4.78 is 5.30. The summed E-state index contributed by atoms with van der Waals surface area (Å²) in [6.07, 6.45) is 0. The first-order chi connectivity index (χ1) is 13.3. The van der Waals surface area contributed by atoms with Crippen molar-refractivity contribution in [2.45, 2.75) is 39.7 Å². The zero-order chi connectivity index (χ0) is 20.3. The fourth-order valence-electron chi connectivity index (χ4n) is 2.74. The highest BCUT2D eigenvalue weighted by atomic mass is 16.5. The van der Waals surface area contributed by atoms with E-state index in [9.17, 15) is 4.79 Å². The summed E-state index contributed by atoms with van der Waals surface area (Å²) in [5.41, 5.74) is 3.82. The third-order valence-electron chi connectivity index (χ3n) is 4.80. The number of carbonyl (C=O) groups is 1. The Bertz CT molecular complexity index is 930. The minimum atomic E-state index is -0.166. The first kappa shape index (κ1) is 19.6. The van der Waals surface area contributed by atoms with Gasteiger partial charge in [-0.05, 0) is 43.7 Å². The van der Waals surface area contributed by atoms with Crippen molar-refractivity contribution in [3.05, 3.63) is 65.5 Å². The van der Waals surface area contributed by atoms with Crippen LogP contribution in [-0.2, 0) is 0 Å². The zero-order valence-corrected chi connectivity index (χ0v) is 16.9. The molecule has 0 radical (unpaired) electrons. The Morgan fingerprint density at radius 2 is 1.68 bits per heavy atom. The molecule has 0 saturated carbocycles. The second-order valence-corrected chi connectivity index (χ2v) is 7.32. The SMILES string of the molecule is Cc1ccc(C(C)N(C)C(=O)Nc2ccc(-c3nc(C(C)C)no3)cc2)cc1. The van der Waals surface area contributed by atoms with Crippen LogP contribution in [0.3, 0.4) is 0 Å². The van der Waals surface area contributed by atoms with Crippen LogP contribution in [0.4, 0.5) is 10.5 Å². The van der Waals surface area contributed by atoms with Crippen molar-refractivity contribution in [1.29, 1.82) is 0 Å². The molecular formula is C22H26N4O2. The molecule has 2 amide bonds. The Morgan fingerprint density at radius 3 is 2.25 bits per heavy atom. The summed E-state index contributed by atoms with van der Waals surface area (Å²) in [4.78, 5) is 18.7. The number of anilines is 1. The summed E-state index contributed by atoms with van der Waals surface area (Å²) in [6.45, 7) is 8.09. The molecule has 3 aromatic rings. The van der Waals surface area contributed by atoms with E-state index in [0.29, 0.717) is 17.4 Å². The fourth-order valence-corrected chi connectivity index (χ4v) is 2.74. The van der Waals surface area contributed by atoms with E-state index in [1.54, 1.807) is 11.9 Å². The maximum atomic E-state index is 12.6. The highest BCUT2D eigenvalue weighted by Crippen LogP contribution is 2.23. The van der Waals surface area contributed by atoms with Crippen molar-refractivity contribution in [2.75, 3.05) is 12.4 Å². The van der Waals surface area contributed by atoms with E-state index in [0.717, 1.165) is 11.1 Å². The first-order valence-corrected chi connectivity index (χ1v) is 9.39. The molecule has 1 N–H and O–H groups in total. The van der Waals surface area contributed by atoms with E-state index >= 15 is 0 Å². The van der Waals surface area contributed by atoms with Crippen molar-refractivity contribution in [3.63, 3.8) is 0 Å². The van der Waals surface area contributed by atoms with Crippen molar-refractivity contribution in [2.24, 2.45) is 0 Å². The largest absolute Gasteiger partial charge is 0.334 e. The molecule has 0 aliphatic heterocycles. The van der Waals surface area contributed by atoms with Crippen molar-refractivity contribution in [3.8, 4) is 11.5 Å². The van der Waals surface area contributed by atoms with Gasteiger partial charge in [-0.1, -0.05) is 48.8 Å². The van der Waals surface area contributed by atoms with Crippen LogP contribution in [-0.4, -0.2) is 28.1 Å². The number of hydrogen-bond donors (Lipinski definition) is 1. The Kier molecular flexibility index (Phi) is 5.78. The first-order valence-electron chi connectivity index (χ1n) is 9.39. The highest BCUT2D eigenvalue weighted by molar-refractivity contribution is 5.89. The Morgan fingerprint density at radius 1 is 1.04 bits per heavy atom. The van der Waals surface area contributed by atoms with Crippen LogP contribution in [0.15, 0.2) is 53.1 Å². The number of benzene rings is 2. The van der Waals surface area contributed by atoms with Crippen LogP contribution in [0.2, 0.25) is 0 Å². The summed E-state index contributed by atoms with van der Waals surface area (Å²) in [7, 11) is 1.79. The molecule has 6 nitrogen and oxygen atoms in total. The number of urea groups is 1. The molecule has 146 valence electrons. The predicted octanol–water partition coefficient (Wildman–Crippen LogP) is 5.39. The molecule has 1 aromatic heterocycles. The van der Waals surface area contributed by atoms with E-state index in [2.05, 4.69) is 27.6 Å². The Hall–Kier alpha value is -3.15. The van der Waals surface area contributed by atoms with E-state index in [-0.39, 0.29) is 18.0 Å². The van der Waals surface area contributed by atoms with Gasteiger partial charge in [-0.15, -0.1) is 0 Å². The lowest BCUT2D eigenvalue weighted by molar-refractivity contribution is 0.208. The number of amides is 2. The van der Waals surface area contributed by atoms with Gasteiger partial charge in [0.1, 0.15) is 0 Å². The van der Waals surface area contributed by atoms with Crippen LogP contribution < -0.4 is 5.32 Å². The molecule has 1 unspecified atom stereocenters. The van der Waals surface area contributed by atoms with E-state index in [1.807, 2.05) is 64.1 Å². The van der Waals surface area contributed by atoms with Crippen molar-refractivity contribution >= 4 is 11.7 Å². The molecule has 0 spiro atoms. The average Bonchev–Trinajstić information content (AvgIpc) is 3.18. The van der Waals surface area contributed by atoms with E-state index in [1.165, 1.54) is 5.56 Å². The van der Waals surface area contributed by atoms with Crippen molar-refractivity contribution in [1.82, 2.24) is 15.0 Å². The molecule has 28 heavy (non-hydrogen) atoms. The number of carbonyl (C=O) groups excluding carboxylic acids is 1. The van der Waals surface area contributed by atoms with Crippen LogP contribution in [0.1, 0.15) is 49.7 Å². The van der Waals surface area contributed by atoms with Crippen molar-refractivity contribution < 1.29 is 9.32 Å². The topological polar surface area (TPSA) is 71.3 Å². The number of hydrogen-bond acceptors (Lipinski definition) is 4. The molecule has 0 fully saturated rings. The van der Waals surface area contributed by atoms with Gasteiger partial charge >= 0.3 is 6.03 Å².